The minimum absolute atomic E-state index is 0.629. The molecule has 0 spiro atoms. The van der Waals surface area contributed by atoms with Crippen molar-refractivity contribution in [1.82, 2.24) is 5.32 Å². The van der Waals surface area contributed by atoms with Gasteiger partial charge in [0.05, 0.1) is 13.2 Å². The molecular formula is C11H15NO. The average Bonchev–Trinajstić information content (AvgIpc) is 2.05. The molecule has 0 aliphatic carbocycles. The van der Waals surface area contributed by atoms with E-state index in [0.29, 0.717) is 5.92 Å². The average molecular weight is 177 g/mol. The maximum absolute atomic E-state index is 5.20. The first-order valence-electron chi connectivity index (χ1n) is 4.72. The lowest BCUT2D eigenvalue weighted by Gasteiger charge is -2.28. The van der Waals surface area contributed by atoms with Gasteiger partial charge in [0, 0.05) is 12.5 Å². The first kappa shape index (κ1) is 8.73. The molecule has 70 valence electrons. The van der Waals surface area contributed by atoms with Crippen LogP contribution in [0.15, 0.2) is 24.3 Å². The molecule has 0 amide bonds. The number of ether oxygens (including phenoxy) is 1. The van der Waals surface area contributed by atoms with Crippen molar-refractivity contribution < 1.29 is 4.74 Å². The Hall–Kier alpha value is -0.860. The van der Waals surface area contributed by atoms with Crippen LogP contribution in [0.5, 0.6) is 0 Å². The van der Waals surface area contributed by atoms with E-state index < -0.39 is 0 Å². The summed E-state index contributed by atoms with van der Waals surface area (Å²) in [7, 11) is 1.98. The van der Waals surface area contributed by atoms with E-state index in [1.54, 1.807) is 0 Å². The molecule has 0 unspecified atom stereocenters. The van der Waals surface area contributed by atoms with Crippen molar-refractivity contribution in [1.29, 1.82) is 0 Å². The Bertz CT molecular complexity index is 281. The molecule has 1 aromatic rings. The van der Waals surface area contributed by atoms with Crippen molar-refractivity contribution in [3.63, 3.8) is 0 Å². The molecule has 1 aliphatic heterocycles. The summed E-state index contributed by atoms with van der Waals surface area (Å²) in [6.07, 6.45) is 0. The third kappa shape index (κ3) is 1.74. The molecule has 0 bridgehead atoms. The first-order valence-corrected chi connectivity index (χ1v) is 4.72. The Balaban J connectivity index is 2.20. The molecule has 1 aromatic carbocycles. The quantitative estimate of drug-likeness (QED) is 0.755. The second-order valence-electron chi connectivity index (χ2n) is 3.46. The van der Waals surface area contributed by atoms with Crippen LogP contribution >= 0.6 is 0 Å². The molecule has 13 heavy (non-hydrogen) atoms. The van der Waals surface area contributed by atoms with Crippen LogP contribution in [0.2, 0.25) is 0 Å². The van der Waals surface area contributed by atoms with Crippen LogP contribution in [0.1, 0.15) is 17.0 Å². The molecule has 1 saturated heterocycles. The van der Waals surface area contributed by atoms with Crippen LogP contribution in [0.25, 0.3) is 0 Å². The van der Waals surface area contributed by atoms with E-state index in [1.807, 2.05) is 7.05 Å². The van der Waals surface area contributed by atoms with Crippen LogP contribution < -0.4 is 5.32 Å². The first-order chi connectivity index (χ1) is 6.42. The Morgan fingerprint density at radius 1 is 1.38 bits per heavy atom. The summed E-state index contributed by atoms with van der Waals surface area (Å²) in [5, 5.41) is 3.19. The van der Waals surface area contributed by atoms with Gasteiger partial charge in [-0.2, -0.15) is 0 Å². The Morgan fingerprint density at radius 3 is 2.77 bits per heavy atom. The molecule has 0 saturated carbocycles. The smallest absolute Gasteiger partial charge is 0.0557 e. The third-order valence-electron chi connectivity index (χ3n) is 2.50. The van der Waals surface area contributed by atoms with Gasteiger partial charge in [0.25, 0.3) is 0 Å². The van der Waals surface area contributed by atoms with E-state index in [4.69, 9.17) is 4.74 Å². The zero-order chi connectivity index (χ0) is 9.10. The summed E-state index contributed by atoms with van der Waals surface area (Å²) in [5.74, 6) is 0.629. The normalized spacial score (nSPS) is 17.0. The zero-order valence-electron chi connectivity index (χ0n) is 7.92. The van der Waals surface area contributed by atoms with Gasteiger partial charge in [-0.25, -0.2) is 0 Å². The molecule has 2 nitrogen and oxygen atoms in total. The standard InChI is InChI=1S/C11H15NO/c1-12-6-9-4-2-3-5-11(9)10-7-13-8-10/h2-5,10,12H,6-8H2,1H3. The van der Waals surface area contributed by atoms with Crippen molar-refractivity contribution in [2.45, 2.75) is 12.5 Å². The summed E-state index contributed by atoms with van der Waals surface area (Å²) in [4.78, 5) is 0. The predicted octanol–water partition coefficient (Wildman–Crippen LogP) is 1.52. The van der Waals surface area contributed by atoms with Crippen molar-refractivity contribution in [2.75, 3.05) is 20.3 Å². The second-order valence-corrected chi connectivity index (χ2v) is 3.46. The Labute approximate surface area is 78.9 Å². The van der Waals surface area contributed by atoms with Gasteiger partial charge < -0.3 is 10.1 Å². The summed E-state index contributed by atoms with van der Waals surface area (Å²) in [5.41, 5.74) is 2.85. The SMILES string of the molecule is CNCc1ccccc1C1COC1. The molecular weight excluding hydrogens is 162 g/mol. The van der Waals surface area contributed by atoms with Crippen LogP contribution in [-0.4, -0.2) is 20.3 Å². The van der Waals surface area contributed by atoms with Gasteiger partial charge in [-0.3, -0.25) is 0 Å². The molecule has 1 heterocycles. The van der Waals surface area contributed by atoms with Gasteiger partial charge in [0.15, 0.2) is 0 Å². The van der Waals surface area contributed by atoms with Gasteiger partial charge in [-0.15, -0.1) is 0 Å². The van der Waals surface area contributed by atoms with Crippen LogP contribution in [0, 0.1) is 0 Å². The molecule has 1 N–H and O–H groups in total. The lowest BCUT2D eigenvalue weighted by molar-refractivity contribution is 0.00805. The molecule has 1 aliphatic rings. The summed E-state index contributed by atoms with van der Waals surface area (Å²) < 4.78 is 5.20. The molecule has 2 heteroatoms. The predicted molar refractivity (Wildman–Crippen MR) is 52.8 cm³/mol. The van der Waals surface area contributed by atoms with E-state index in [2.05, 4.69) is 29.6 Å². The van der Waals surface area contributed by atoms with E-state index in [9.17, 15) is 0 Å². The molecule has 0 atom stereocenters. The zero-order valence-corrected chi connectivity index (χ0v) is 7.92. The lowest BCUT2D eigenvalue weighted by atomic mass is 9.93. The maximum Gasteiger partial charge on any atom is 0.0557 e. The molecule has 1 fully saturated rings. The number of hydrogen-bond acceptors (Lipinski definition) is 2. The van der Waals surface area contributed by atoms with Gasteiger partial charge in [0.1, 0.15) is 0 Å². The van der Waals surface area contributed by atoms with Crippen molar-refractivity contribution in [3.8, 4) is 0 Å². The topological polar surface area (TPSA) is 21.3 Å². The van der Waals surface area contributed by atoms with Gasteiger partial charge in [0.2, 0.25) is 0 Å². The third-order valence-corrected chi connectivity index (χ3v) is 2.50. The van der Waals surface area contributed by atoms with E-state index in [1.165, 1.54) is 11.1 Å². The maximum atomic E-state index is 5.20. The van der Waals surface area contributed by atoms with Crippen LogP contribution in [0.4, 0.5) is 0 Å². The number of benzene rings is 1. The van der Waals surface area contributed by atoms with E-state index >= 15 is 0 Å². The van der Waals surface area contributed by atoms with Crippen LogP contribution in [0.3, 0.4) is 0 Å². The highest BCUT2D eigenvalue weighted by atomic mass is 16.5. The summed E-state index contributed by atoms with van der Waals surface area (Å²) in [6.45, 7) is 2.73. The highest BCUT2D eigenvalue weighted by Crippen LogP contribution is 2.26. The summed E-state index contributed by atoms with van der Waals surface area (Å²) in [6, 6.07) is 8.59. The minimum Gasteiger partial charge on any atom is -0.380 e. The fraction of sp³-hybridized carbons (Fsp3) is 0.455. The highest BCUT2D eigenvalue weighted by molar-refractivity contribution is 5.31. The minimum atomic E-state index is 0.629. The molecule has 0 aromatic heterocycles. The fourth-order valence-electron chi connectivity index (χ4n) is 1.70. The van der Waals surface area contributed by atoms with Crippen molar-refractivity contribution >= 4 is 0 Å². The van der Waals surface area contributed by atoms with Crippen molar-refractivity contribution in [2.24, 2.45) is 0 Å². The summed E-state index contributed by atoms with van der Waals surface area (Å²) >= 11 is 0. The number of rotatable bonds is 3. The largest absolute Gasteiger partial charge is 0.380 e. The monoisotopic (exact) mass is 177 g/mol. The van der Waals surface area contributed by atoms with Gasteiger partial charge in [-0.1, -0.05) is 24.3 Å². The van der Waals surface area contributed by atoms with Gasteiger partial charge >= 0.3 is 0 Å². The van der Waals surface area contributed by atoms with Gasteiger partial charge in [-0.05, 0) is 18.2 Å². The number of nitrogens with one attached hydrogen (secondary N) is 1. The molecule has 2 rings (SSSR count). The number of hydrogen-bond donors (Lipinski definition) is 1. The van der Waals surface area contributed by atoms with Crippen molar-refractivity contribution in [3.05, 3.63) is 35.4 Å². The Morgan fingerprint density at radius 2 is 2.15 bits per heavy atom. The van der Waals surface area contributed by atoms with Crippen LogP contribution in [-0.2, 0) is 11.3 Å². The lowest BCUT2D eigenvalue weighted by Crippen LogP contribution is -2.26. The fourth-order valence-corrected chi connectivity index (χ4v) is 1.70. The highest BCUT2D eigenvalue weighted by Gasteiger charge is 2.22. The Kier molecular flexibility index (Phi) is 2.62. The van der Waals surface area contributed by atoms with E-state index in [-0.39, 0.29) is 0 Å². The second kappa shape index (κ2) is 3.90. The molecule has 0 radical (unpaired) electrons. The van der Waals surface area contributed by atoms with E-state index in [0.717, 1.165) is 19.8 Å².